The number of nitrogens with zero attached hydrogens (tertiary/aromatic N) is 2. The van der Waals surface area contributed by atoms with E-state index >= 15 is 0 Å². The van der Waals surface area contributed by atoms with Crippen LogP contribution in [-0.4, -0.2) is 75.4 Å². The molecule has 5 N–H and O–H groups in total. The van der Waals surface area contributed by atoms with Gasteiger partial charge in [-0.05, 0) is 6.08 Å². The Labute approximate surface area is 144 Å². The predicted molar refractivity (Wildman–Crippen MR) is 69.1 cm³/mol. The van der Waals surface area contributed by atoms with Gasteiger partial charge < -0.3 is 40.5 Å². The average molecular weight is 382 g/mol. The smallest absolute Gasteiger partial charge is 0.884 e. The quantitative estimate of drug-likeness (QED) is 0.233. The van der Waals surface area contributed by atoms with Crippen LogP contribution in [-0.2, 0) is 24.2 Å². The third-order valence-corrected chi connectivity index (χ3v) is 2.74. The predicted octanol–water partition coefficient (Wildman–Crippen LogP) is -4.68. The molecule has 10 nitrogen and oxygen atoms in total. The van der Waals surface area contributed by atoms with E-state index in [1.807, 2.05) is 0 Å². The molecular weight excluding hydrogens is 366 g/mol. The first-order valence-corrected chi connectivity index (χ1v) is 6.17. The molecule has 0 bridgehead atoms. The van der Waals surface area contributed by atoms with Gasteiger partial charge in [0.05, 0.1) is 18.5 Å². The average Bonchev–Trinajstić information content (AvgIpc) is 3.01. The first-order chi connectivity index (χ1) is 10.4. The van der Waals surface area contributed by atoms with E-state index in [-0.39, 0.29) is 19.5 Å². The summed E-state index contributed by atoms with van der Waals surface area (Å²) >= 11 is 0. The molecule has 0 aliphatic carbocycles. The van der Waals surface area contributed by atoms with E-state index in [2.05, 4.69) is 14.7 Å². The summed E-state index contributed by atoms with van der Waals surface area (Å²) in [5.41, 5.74) is 0.518. The Hall–Kier alpha value is -1.20. The van der Waals surface area contributed by atoms with Crippen LogP contribution < -0.4 is 10.2 Å². The van der Waals surface area contributed by atoms with Crippen LogP contribution in [0.1, 0.15) is 0 Å². The standard InChI is InChI=1S/C6H6N2O2.C6H12O6.Zn/c9-6(10)2-1-5-3-7-4-8-5;7-1-2-3(8)4(9)5(10)6(11)12-2;/h1-4,9-10H;2-11H,1H2;/q;;+2/p-2/b5-1-;;/t;2-,3+,4+,5-,6?;/m.1./s1. The van der Waals surface area contributed by atoms with Gasteiger partial charge in [0, 0.05) is 0 Å². The van der Waals surface area contributed by atoms with E-state index in [0.29, 0.717) is 5.70 Å². The third kappa shape index (κ3) is 6.84. The van der Waals surface area contributed by atoms with E-state index in [0.717, 1.165) is 6.08 Å². The van der Waals surface area contributed by atoms with E-state index < -0.39 is 43.3 Å². The van der Waals surface area contributed by atoms with Crippen LogP contribution in [0, 0.1) is 0 Å². The SMILES string of the molecule is OC[C@H]1OC(O)[C@H](O)[C@@H](O)[C@H]1O.[O-]C([O-])=C/C=C1/C=NC=N1.[Zn+2]. The normalized spacial score (nSPS) is 33.6. The number of aliphatic imine (C=N–C) groups is 2. The molecule has 0 aromatic carbocycles. The molecule has 124 valence electrons. The van der Waals surface area contributed by atoms with Crippen LogP contribution in [0.4, 0.5) is 0 Å². The molecule has 1 saturated heterocycles. The minimum atomic E-state index is -1.57. The molecule has 11 heteroatoms. The Bertz CT molecular complexity index is 459. The Morgan fingerprint density at radius 3 is 2.30 bits per heavy atom. The maximum absolute atomic E-state index is 9.85. The molecule has 2 aliphatic rings. The summed E-state index contributed by atoms with van der Waals surface area (Å²) in [4.78, 5) is 7.32. The summed E-state index contributed by atoms with van der Waals surface area (Å²) in [6, 6.07) is 0. The van der Waals surface area contributed by atoms with Gasteiger partial charge in [0.1, 0.15) is 30.8 Å². The number of aliphatic hydroxyl groups excluding tert-OH is 5. The largest absolute Gasteiger partial charge is 2.00 e. The molecule has 0 amide bonds. The summed E-state index contributed by atoms with van der Waals surface area (Å²) in [5, 5.41) is 64.4. The first-order valence-electron chi connectivity index (χ1n) is 6.17. The fourth-order valence-electron chi connectivity index (χ4n) is 1.56. The molecule has 2 heterocycles. The minimum absolute atomic E-state index is 0. The van der Waals surface area contributed by atoms with Gasteiger partial charge >= 0.3 is 19.5 Å². The second-order valence-electron chi connectivity index (χ2n) is 4.32. The van der Waals surface area contributed by atoms with Crippen molar-refractivity contribution < 1.29 is 60.0 Å². The second kappa shape index (κ2) is 10.6. The zero-order chi connectivity index (χ0) is 16.7. The molecule has 0 aromatic heterocycles. The molecule has 0 radical (unpaired) electrons. The minimum Gasteiger partial charge on any atom is -0.884 e. The van der Waals surface area contributed by atoms with Crippen molar-refractivity contribution in [2.45, 2.75) is 30.7 Å². The molecule has 2 aliphatic heterocycles. The molecule has 1 fully saturated rings. The van der Waals surface area contributed by atoms with Crippen molar-refractivity contribution >= 4 is 12.6 Å². The number of rotatable bonds is 2. The molecular formula is C12H16N2O8Zn. The van der Waals surface area contributed by atoms with Gasteiger partial charge in [-0.2, -0.15) is 0 Å². The van der Waals surface area contributed by atoms with Crippen LogP contribution >= 0.6 is 0 Å². The number of aliphatic hydroxyl groups is 5. The Morgan fingerprint density at radius 2 is 1.83 bits per heavy atom. The molecule has 23 heavy (non-hydrogen) atoms. The summed E-state index contributed by atoms with van der Waals surface area (Å²) in [5.74, 6) is -1.23. The number of hydrogen-bond donors (Lipinski definition) is 5. The van der Waals surface area contributed by atoms with Crippen LogP contribution in [0.3, 0.4) is 0 Å². The van der Waals surface area contributed by atoms with Crippen molar-refractivity contribution in [2.24, 2.45) is 9.98 Å². The molecule has 1 unspecified atom stereocenters. The summed E-state index contributed by atoms with van der Waals surface area (Å²) in [7, 11) is 0. The molecule has 0 spiro atoms. The van der Waals surface area contributed by atoms with Gasteiger partial charge in [-0.1, -0.05) is 6.08 Å². The number of ether oxygens (including phenoxy) is 1. The van der Waals surface area contributed by atoms with Crippen molar-refractivity contribution in [3.63, 3.8) is 0 Å². The van der Waals surface area contributed by atoms with Crippen LogP contribution in [0.2, 0.25) is 0 Å². The van der Waals surface area contributed by atoms with Gasteiger partial charge in [0.2, 0.25) is 0 Å². The zero-order valence-corrected chi connectivity index (χ0v) is 14.9. The Balaban J connectivity index is 0.000000409. The maximum Gasteiger partial charge on any atom is 2.00 e. The first kappa shape index (κ1) is 21.8. The Kier molecular flexibility index (Phi) is 10.0. The summed E-state index contributed by atoms with van der Waals surface area (Å²) in [6.45, 7) is -0.526. The van der Waals surface area contributed by atoms with Crippen LogP contribution in [0.25, 0.3) is 0 Å². The Morgan fingerprint density at radius 1 is 1.17 bits per heavy atom. The number of allylic oxidation sites excluding steroid dienone is 3. The van der Waals surface area contributed by atoms with Crippen molar-refractivity contribution in [3.05, 3.63) is 23.8 Å². The van der Waals surface area contributed by atoms with Crippen molar-refractivity contribution in [2.75, 3.05) is 6.61 Å². The summed E-state index contributed by atoms with van der Waals surface area (Å²) in [6.07, 6.45) is -2.01. The second-order valence-corrected chi connectivity index (χ2v) is 4.32. The van der Waals surface area contributed by atoms with E-state index in [4.69, 9.17) is 25.5 Å². The zero-order valence-electron chi connectivity index (χ0n) is 12.0. The van der Waals surface area contributed by atoms with Gasteiger partial charge in [0.25, 0.3) is 0 Å². The van der Waals surface area contributed by atoms with Gasteiger partial charge in [0.15, 0.2) is 6.29 Å². The molecule has 0 saturated carbocycles. The topological polar surface area (TPSA) is 181 Å². The van der Waals surface area contributed by atoms with E-state index in [1.165, 1.54) is 18.6 Å². The van der Waals surface area contributed by atoms with Crippen LogP contribution in [0.15, 0.2) is 33.8 Å². The maximum atomic E-state index is 9.85. The molecule has 5 atom stereocenters. The van der Waals surface area contributed by atoms with E-state index in [1.54, 1.807) is 0 Å². The van der Waals surface area contributed by atoms with Crippen molar-refractivity contribution in [3.8, 4) is 0 Å². The fourth-order valence-corrected chi connectivity index (χ4v) is 1.56. The van der Waals surface area contributed by atoms with Gasteiger partial charge in [-0.3, -0.25) is 0 Å². The fraction of sp³-hybridized carbons (Fsp3) is 0.500. The van der Waals surface area contributed by atoms with Gasteiger partial charge in [-0.25, -0.2) is 15.9 Å². The van der Waals surface area contributed by atoms with Crippen molar-refractivity contribution in [1.82, 2.24) is 0 Å². The molecule has 0 aromatic rings. The van der Waals surface area contributed by atoms with Crippen LogP contribution in [0.5, 0.6) is 0 Å². The van der Waals surface area contributed by atoms with Gasteiger partial charge in [-0.15, -0.1) is 0 Å². The monoisotopic (exact) mass is 380 g/mol. The van der Waals surface area contributed by atoms with E-state index in [9.17, 15) is 10.2 Å². The van der Waals surface area contributed by atoms with Crippen molar-refractivity contribution in [1.29, 1.82) is 0 Å². The summed E-state index contributed by atoms with van der Waals surface area (Å²) < 4.78 is 4.58. The molecule has 2 rings (SSSR count). The third-order valence-electron chi connectivity index (χ3n) is 2.74. The number of hydrogen-bond acceptors (Lipinski definition) is 10.